The van der Waals surface area contributed by atoms with E-state index in [-0.39, 0.29) is 0 Å². The molecule has 0 spiro atoms. The van der Waals surface area contributed by atoms with Crippen molar-refractivity contribution < 1.29 is 4.74 Å². The standard InChI is InChI=1S/C26H26N6OS/c1-17-27-14-24(31(17)2)19-7-8-23(25(10-19)33-3)30-26-11-21-9-18(5-6-20(21)12-28-26)22-13-29-32(15-22)16-34-4/h5-15H,16H2,1-4H3,(H,28,30). The van der Waals surface area contributed by atoms with Crippen LogP contribution in [0.2, 0.25) is 0 Å². The van der Waals surface area contributed by atoms with Gasteiger partial charge in [-0.05, 0) is 48.4 Å². The fourth-order valence-corrected chi connectivity index (χ4v) is 4.37. The molecule has 5 rings (SSSR count). The van der Waals surface area contributed by atoms with Crippen molar-refractivity contribution in [2.75, 3.05) is 18.7 Å². The van der Waals surface area contributed by atoms with E-state index >= 15 is 0 Å². The minimum Gasteiger partial charge on any atom is -0.495 e. The van der Waals surface area contributed by atoms with Gasteiger partial charge in [0.05, 0.1) is 36.8 Å². The number of benzene rings is 2. The van der Waals surface area contributed by atoms with Crippen molar-refractivity contribution in [3.05, 3.63) is 73.1 Å². The van der Waals surface area contributed by atoms with Gasteiger partial charge in [-0.25, -0.2) is 9.97 Å². The third-order valence-electron chi connectivity index (χ3n) is 5.93. The number of thioether (sulfide) groups is 1. The van der Waals surface area contributed by atoms with Gasteiger partial charge in [0.15, 0.2) is 0 Å². The Balaban J connectivity index is 1.44. The highest BCUT2D eigenvalue weighted by Crippen LogP contribution is 2.33. The van der Waals surface area contributed by atoms with Crippen molar-refractivity contribution >= 4 is 34.0 Å². The fourth-order valence-electron chi connectivity index (χ4n) is 3.97. The van der Waals surface area contributed by atoms with Crippen molar-refractivity contribution in [2.45, 2.75) is 12.8 Å². The summed E-state index contributed by atoms with van der Waals surface area (Å²) in [6.07, 6.45) is 9.83. The molecule has 172 valence electrons. The highest BCUT2D eigenvalue weighted by molar-refractivity contribution is 7.97. The number of rotatable bonds is 7. The lowest BCUT2D eigenvalue weighted by atomic mass is 10.0. The summed E-state index contributed by atoms with van der Waals surface area (Å²) in [5.74, 6) is 3.30. The predicted molar refractivity (Wildman–Crippen MR) is 140 cm³/mol. The smallest absolute Gasteiger partial charge is 0.143 e. The zero-order valence-corrected chi connectivity index (χ0v) is 20.4. The van der Waals surface area contributed by atoms with Crippen molar-refractivity contribution in [1.29, 1.82) is 0 Å². The largest absolute Gasteiger partial charge is 0.495 e. The minimum atomic E-state index is 0.744. The fraction of sp³-hybridized carbons (Fsp3) is 0.192. The van der Waals surface area contributed by atoms with E-state index in [1.54, 1.807) is 18.9 Å². The van der Waals surface area contributed by atoms with Crippen molar-refractivity contribution in [2.24, 2.45) is 7.05 Å². The number of hydrogen-bond donors (Lipinski definition) is 1. The van der Waals surface area contributed by atoms with Gasteiger partial charge in [-0.15, -0.1) is 11.8 Å². The number of aryl methyl sites for hydroxylation is 1. The number of nitrogens with one attached hydrogen (secondary N) is 1. The van der Waals surface area contributed by atoms with Gasteiger partial charge in [-0.2, -0.15) is 5.10 Å². The average Bonchev–Trinajstić information content (AvgIpc) is 3.46. The van der Waals surface area contributed by atoms with Crippen LogP contribution < -0.4 is 10.1 Å². The summed E-state index contributed by atoms with van der Waals surface area (Å²) in [5, 5.41) is 10.0. The Bertz CT molecular complexity index is 1470. The van der Waals surface area contributed by atoms with Crippen LogP contribution in [-0.4, -0.2) is 37.7 Å². The van der Waals surface area contributed by atoms with E-state index in [2.05, 4.69) is 67.7 Å². The lowest BCUT2D eigenvalue weighted by molar-refractivity contribution is 0.417. The number of ether oxygens (including phenoxy) is 1. The molecular formula is C26H26N6OS. The summed E-state index contributed by atoms with van der Waals surface area (Å²) in [7, 11) is 3.69. The number of fused-ring (bicyclic) bond motifs is 1. The Hall–Kier alpha value is -3.78. The number of anilines is 2. The summed E-state index contributed by atoms with van der Waals surface area (Å²) < 4.78 is 9.70. The lowest BCUT2D eigenvalue weighted by Crippen LogP contribution is -1.98. The summed E-state index contributed by atoms with van der Waals surface area (Å²) in [6.45, 7) is 1.99. The summed E-state index contributed by atoms with van der Waals surface area (Å²) >= 11 is 1.74. The molecular weight excluding hydrogens is 444 g/mol. The lowest BCUT2D eigenvalue weighted by Gasteiger charge is -2.13. The van der Waals surface area contributed by atoms with Gasteiger partial charge in [-0.3, -0.25) is 4.68 Å². The first-order valence-corrected chi connectivity index (χ1v) is 12.3. The second-order valence-corrected chi connectivity index (χ2v) is 8.94. The zero-order valence-electron chi connectivity index (χ0n) is 19.6. The summed E-state index contributed by atoms with van der Waals surface area (Å²) in [6, 6.07) is 14.5. The van der Waals surface area contributed by atoms with Gasteiger partial charge >= 0.3 is 0 Å². The normalized spacial score (nSPS) is 11.2. The molecule has 2 aromatic carbocycles. The van der Waals surface area contributed by atoms with Crippen LogP contribution in [0.5, 0.6) is 5.75 Å². The molecule has 7 nitrogen and oxygen atoms in total. The SMILES string of the molecule is COc1cc(-c2cnc(C)n2C)ccc1Nc1cc2cc(-c3cnn(CSC)c3)ccc2cn1. The first kappa shape index (κ1) is 22.0. The average molecular weight is 471 g/mol. The molecule has 34 heavy (non-hydrogen) atoms. The van der Waals surface area contributed by atoms with Crippen LogP contribution in [-0.2, 0) is 12.9 Å². The van der Waals surface area contributed by atoms with Crippen molar-refractivity contribution in [3.63, 3.8) is 0 Å². The Morgan fingerprint density at radius 1 is 0.941 bits per heavy atom. The Morgan fingerprint density at radius 2 is 1.79 bits per heavy atom. The summed E-state index contributed by atoms with van der Waals surface area (Å²) in [5.41, 5.74) is 5.17. The number of hydrogen-bond acceptors (Lipinski definition) is 6. The number of methoxy groups -OCH3 is 1. The number of aromatic nitrogens is 5. The highest BCUT2D eigenvalue weighted by Gasteiger charge is 2.11. The van der Waals surface area contributed by atoms with Crippen LogP contribution in [0.15, 0.2) is 67.3 Å². The zero-order chi connectivity index (χ0) is 23.7. The maximum absolute atomic E-state index is 5.68. The monoisotopic (exact) mass is 470 g/mol. The molecule has 0 saturated heterocycles. The quantitative estimate of drug-likeness (QED) is 0.320. The van der Waals surface area contributed by atoms with E-state index < -0.39 is 0 Å². The molecule has 3 heterocycles. The van der Waals surface area contributed by atoms with E-state index in [0.29, 0.717) is 0 Å². The molecule has 1 N–H and O–H groups in total. The van der Waals surface area contributed by atoms with Gasteiger partial charge in [-0.1, -0.05) is 18.2 Å². The number of nitrogens with zero attached hydrogens (tertiary/aromatic N) is 5. The molecule has 0 aliphatic heterocycles. The van der Waals surface area contributed by atoms with E-state index in [4.69, 9.17) is 4.74 Å². The van der Waals surface area contributed by atoms with Gasteiger partial charge in [0.1, 0.15) is 17.4 Å². The van der Waals surface area contributed by atoms with Gasteiger partial charge in [0, 0.05) is 36.0 Å². The van der Waals surface area contributed by atoms with Gasteiger partial charge in [0.25, 0.3) is 0 Å². The Morgan fingerprint density at radius 3 is 2.56 bits per heavy atom. The molecule has 0 aliphatic carbocycles. The first-order chi connectivity index (χ1) is 16.6. The van der Waals surface area contributed by atoms with Crippen LogP contribution in [0.3, 0.4) is 0 Å². The molecule has 0 aliphatic rings. The maximum atomic E-state index is 5.68. The van der Waals surface area contributed by atoms with Crippen LogP contribution >= 0.6 is 11.8 Å². The van der Waals surface area contributed by atoms with E-state index in [1.165, 1.54) is 0 Å². The second kappa shape index (κ2) is 9.23. The maximum Gasteiger partial charge on any atom is 0.143 e. The number of imidazole rings is 1. The van der Waals surface area contributed by atoms with E-state index in [9.17, 15) is 0 Å². The van der Waals surface area contributed by atoms with Crippen LogP contribution in [0.4, 0.5) is 11.5 Å². The minimum absolute atomic E-state index is 0.744. The molecule has 0 amide bonds. The van der Waals surface area contributed by atoms with E-state index in [1.807, 2.05) is 49.4 Å². The van der Waals surface area contributed by atoms with Crippen molar-refractivity contribution in [1.82, 2.24) is 24.3 Å². The molecule has 0 bridgehead atoms. The van der Waals surface area contributed by atoms with Gasteiger partial charge < -0.3 is 14.6 Å². The molecule has 0 saturated carbocycles. The van der Waals surface area contributed by atoms with Crippen LogP contribution in [0.25, 0.3) is 33.2 Å². The Kier molecular flexibility index (Phi) is 5.98. The third kappa shape index (κ3) is 4.24. The molecule has 0 unspecified atom stereocenters. The molecule has 8 heteroatoms. The van der Waals surface area contributed by atoms with Gasteiger partial charge in [0.2, 0.25) is 0 Å². The second-order valence-electron chi connectivity index (χ2n) is 8.11. The molecule has 5 aromatic rings. The molecule has 0 atom stereocenters. The van der Waals surface area contributed by atoms with Crippen LogP contribution in [0, 0.1) is 6.92 Å². The number of pyridine rings is 1. The molecule has 3 aromatic heterocycles. The highest BCUT2D eigenvalue weighted by atomic mass is 32.2. The van der Waals surface area contributed by atoms with E-state index in [0.717, 1.165) is 62.1 Å². The Labute approximate surface area is 202 Å². The first-order valence-electron chi connectivity index (χ1n) is 10.9. The topological polar surface area (TPSA) is 69.8 Å². The molecule has 0 radical (unpaired) electrons. The summed E-state index contributed by atoms with van der Waals surface area (Å²) in [4.78, 5) is 9.00. The van der Waals surface area contributed by atoms with Crippen LogP contribution in [0.1, 0.15) is 5.82 Å². The molecule has 0 fully saturated rings. The third-order valence-corrected chi connectivity index (χ3v) is 6.45. The van der Waals surface area contributed by atoms with Crippen molar-refractivity contribution in [3.8, 4) is 28.1 Å². The predicted octanol–water partition coefficient (Wildman–Crippen LogP) is 5.88.